The summed E-state index contributed by atoms with van der Waals surface area (Å²) in [6.45, 7) is 13.2. The summed E-state index contributed by atoms with van der Waals surface area (Å²) in [7, 11) is 0. The third kappa shape index (κ3) is 7.46. The van der Waals surface area contributed by atoms with Crippen molar-refractivity contribution in [2.75, 3.05) is 9.80 Å². The van der Waals surface area contributed by atoms with Gasteiger partial charge in [0, 0.05) is 34.1 Å². The molecule has 0 aliphatic carbocycles. The number of anilines is 6. The highest BCUT2D eigenvalue weighted by atomic mass is 15.1. The molecular formula is C58H52N2. The number of hydrogen-bond donors (Lipinski definition) is 0. The van der Waals surface area contributed by atoms with Gasteiger partial charge in [-0.3, -0.25) is 0 Å². The van der Waals surface area contributed by atoms with E-state index in [1.807, 2.05) is 0 Å². The Hall–Kier alpha value is -6.90. The number of rotatable bonds is 10. The zero-order valence-corrected chi connectivity index (χ0v) is 35.6. The first-order valence-corrected chi connectivity index (χ1v) is 21.4. The minimum atomic E-state index is 0.978. The van der Waals surface area contributed by atoms with Gasteiger partial charge < -0.3 is 9.80 Å². The maximum atomic E-state index is 2.43. The second-order valence-electron chi connectivity index (χ2n) is 16.3. The van der Waals surface area contributed by atoms with Crippen LogP contribution in [-0.2, 0) is 12.8 Å². The third-order valence-corrected chi connectivity index (χ3v) is 11.9. The quantitative estimate of drug-likeness (QED) is 0.128. The molecule has 0 bridgehead atoms. The molecule has 9 aromatic rings. The second kappa shape index (κ2) is 16.4. The zero-order chi connectivity index (χ0) is 41.3. The Bertz CT molecular complexity index is 2760. The number of fused-ring (bicyclic) bond motifs is 2. The number of aryl methyl sites for hydroxylation is 6. The highest BCUT2D eigenvalue weighted by Gasteiger charge is 2.22. The average Bonchev–Trinajstić information content (AvgIpc) is 3.27. The largest absolute Gasteiger partial charge is 0.310 e. The van der Waals surface area contributed by atoms with Gasteiger partial charge in [0.2, 0.25) is 0 Å². The SMILES string of the molecule is CCc1cc(C)cc(N(c2ccc(C)cc2)c2ccc3c(-c4ccccc4)c4cc(N(c5ccc(C)cc5)c5cc(C)cc(CC)c5)ccc4c(-c4ccccc4)c3c2)c1. The van der Waals surface area contributed by atoms with Crippen LogP contribution in [0, 0.1) is 27.7 Å². The van der Waals surface area contributed by atoms with E-state index in [0.29, 0.717) is 0 Å². The minimum Gasteiger partial charge on any atom is -0.310 e. The summed E-state index contributed by atoms with van der Waals surface area (Å²) in [6.07, 6.45) is 1.96. The molecule has 294 valence electrons. The van der Waals surface area contributed by atoms with Crippen molar-refractivity contribution < 1.29 is 0 Å². The first kappa shape index (κ1) is 38.6. The van der Waals surface area contributed by atoms with Gasteiger partial charge in [0.1, 0.15) is 0 Å². The van der Waals surface area contributed by atoms with Crippen LogP contribution in [0.5, 0.6) is 0 Å². The lowest BCUT2D eigenvalue weighted by atomic mass is 9.85. The predicted octanol–water partition coefficient (Wildman–Crippen LogP) is 16.6. The van der Waals surface area contributed by atoms with E-state index in [1.54, 1.807) is 0 Å². The van der Waals surface area contributed by atoms with Crippen LogP contribution >= 0.6 is 0 Å². The van der Waals surface area contributed by atoms with Gasteiger partial charge in [0.15, 0.2) is 0 Å². The Labute approximate surface area is 356 Å². The molecule has 0 unspecified atom stereocenters. The highest BCUT2D eigenvalue weighted by Crippen LogP contribution is 2.48. The molecule has 0 atom stereocenters. The van der Waals surface area contributed by atoms with E-state index in [-0.39, 0.29) is 0 Å². The van der Waals surface area contributed by atoms with Crippen molar-refractivity contribution in [2.24, 2.45) is 0 Å². The molecule has 0 aliphatic heterocycles. The van der Waals surface area contributed by atoms with Crippen LogP contribution in [0.2, 0.25) is 0 Å². The lowest BCUT2D eigenvalue weighted by Gasteiger charge is -2.29. The van der Waals surface area contributed by atoms with Crippen LogP contribution in [0.4, 0.5) is 34.1 Å². The summed E-state index contributed by atoms with van der Waals surface area (Å²) < 4.78 is 0. The summed E-state index contributed by atoms with van der Waals surface area (Å²) in [5.41, 5.74) is 19.4. The third-order valence-electron chi connectivity index (χ3n) is 11.9. The summed E-state index contributed by atoms with van der Waals surface area (Å²) in [6, 6.07) is 68.0. The molecule has 2 nitrogen and oxygen atoms in total. The maximum Gasteiger partial charge on any atom is 0.0468 e. The molecule has 0 N–H and O–H groups in total. The molecule has 0 spiro atoms. The first-order valence-electron chi connectivity index (χ1n) is 21.4. The normalized spacial score (nSPS) is 11.3. The monoisotopic (exact) mass is 776 g/mol. The Morgan fingerprint density at radius 3 is 1.03 bits per heavy atom. The molecule has 0 fully saturated rings. The average molecular weight is 777 g/mol. The molecule has 0 aromatic heterocycles. The van der Waals surface area contributed by atoms with Gasteiger partial charge in [-0.1, -0.05) is 134 Å². The van der Waals surface area contributed by atoms with Gasteiger partial charge in [0.05, 0.1) is 0 Å². The van der Waals surface area contributed by atoms with E-state index in [4.69, 9.17) is 0 Å². The molecular weight excluding hydrogens is 725 g/mol. The van der Waals surface area contributed by atoms with Crippen LogP contribution in [0.15, 0.2) is 182 Å². The molecule has 0 heterocycles. The Morgan fingerprint density at radius 1 is 0.300 bits per heavy atom. The summed E-state index contributed by atoms with van der Waals surface area (Å²) in [4.78, 5) is 4.86. The fourth-order valence-corrected chi connectivity index (χ4v) is 8.94. The van der Waals surface area contributed by atoms with Gasteiger partial charge in [-0.15, -0.1) is 0 Å². The molecule has 0 saturated carbocycles. The molecule has 0 amide bonds. The van der Waals surface area contributed by atoms with Crippen molar-refractivity contribution in [2.45, 2.75) is 54.4 Å². The van der Waals surface area contributed by atoms with Crippen molar-refractivity contribution in [3.8, 4) is 22.3 Å². The first-order chi connectivity index (χ1) is 29.3. The van der Waals surface area contributed by atoms with Crippen LogP contribution in [-0.4, -0.2) is 0 Å². The van der Waals surface area contributed by atoms with Gasteiger partial charge in [0.25, 0.3) is 0 Å². The van der Waals surface area contributed by atoms with Crippen molar-refractivity contribution in [3.63, 3.8) is 0 Å². The van der Waals surface area contributed by atoms with Crippen LogP contribution in [0.3, 0.4) is 0 Å². The van der Waals surface area contributed by atoms with Crippen molar-refractivity contribution in [3.05, 3.63) is 215 Å². The Balaban J connectivity index is 1.37. The predicted molar refractivity (Wildman–Crippen MR) is 259 cm³/mol. The van der Waals surface area contributed by atoms with E-state index in [0.717, 1.165) is 35.6 Å². The van der Waals surface area contributed by atoms with E-state index in [9.17, 15) is 0 Å². The Kier molecular flexibility index (Phi) is 10.5. The van der Waals surface area contributed by atoms with Crippen LogP contribution in [0.25, 0.3) is 43.8 Å². The lowest BCUT2D eigenvalue weighted by molar-refractivity contribution is 1.12. The van der Waals surface area contributed by atoms with E-state index >= 15 is 0 Å². The Morgan fingerprint density at radius 2 is 0.667 bits per heavy atom. The second-order valence-corrected chi connectivity index (χ2v) is 16.3. The number of nitrogens with zero attached hydrogens (tertiary/aromatic N) is 2. The topological polar surface area (TPSA) is 6.48 Å². The molecule has 0 saturated heterocycles. The zero-order valence-electron chi connectivity index (χ0n) is 35.6. The fourth-order valence-electron chi connectivity index (χ4n) is 8.94. The van der Waals surface area contributed by atoms with E-state index in [2.05, 4.69) is 233 Å². The summed E-state index contributed by atoms with van der Waals surface area (Å²) in [5.74, 6) is 0. The molecule has 0 radical (unpaired) electrons. The smallest absolute Gasteiger partial charge is 0.0468 e. The maximum absolute atomic E-state index is 2.43. The van der Waals surface area contributed by atoms with Gasteiger partial charge >= 0.3 is 0 Å². The van der Waals surface area contributed by atoms with Gasteiger partial charge in [-0.25, -0.2) is 0 Å². The molecule has 2 heteroatoms. The molecule has 9 rings (SSSR count). The van der Waals surface area contributed by atoms with Crippen molar-refractivity contribution in [1.82, 2.24) is 0 Å². The van der Waals surface area contributed by atoms with Crippen LogP contribution < -0.4 is 9.80 Å². The van der Waals surface area contributed by atoms with E-state index in [1.165, 1.54) is 88.6 Å². The van der Waals surface area contributed by atoms with Gasteiger partial charge in [-0.2, -0.15) is 0 Å². The summed E-state index contributed by atoms with van der Waals surface area (Å²) in [5, 5.41) is 4.89. The van der Waals surface area contributed by atoms with Gasteiger partial charge in [-0.05, 0) is 179 Å². The standard InChI is InChI=1S/C58H52N2/c1-7-43-31-41(5)33-51(35-43)59(47-23-19-39(3)20-24-47)49-27-29-53-55(37-49)57(45-15-11-9-12-16-45)54-30-28-50(38-56(54)58(53)46-17-13-10-14-18-46)60(48-25-21-40(4)22-26-48)52-34-42(6)32-44(8-2)36-52/h9-38H,7-8H2,1-6H3. The van der Waals surface area contributed by atoms with E-state index < -0.39 is 0 Å². The summed E-state index contributed by atoms with van der Waals surface area (Å²) >= 11 is 0. The molecule has 0 aliphatic rings. The fraction of sp³-hybridized carbons (Fsp3) is 0.138. The van der Waals surface area contributed by atoms with Crippen molar-refractivity contribution >= 4 is 55.7 Å². The molecule has 9 aromatic carbocycles. The number of hydrogen-bond acceptors (Lipinski definition) is 2. The number of benzene rings is 9. The minimum absolute atomic E-state index is 0.978. The lowest BCUT2D eigenvalue weighted by Crippen LogP contribution is -2.11. The van der Waals surface area contributed by atoms with Crippen molar-refractivity contribution in [1.29, 1.82) is 0 Å². The molecule has 60 heavy (non-hydrogen) atoms. The highest BCUT2D eigenvalue weighted by molar-refractivity contribution is 6.22. The van der Waals surface area contributed by atoms with Crippen LogP contribution in [0.1, 0.15) is 47.2 Å².